The minimum Gasteiger partial charge on any atom is -0.481 e. The van der Waals surface area contributed by atoms with Crippen LogP contribution in [0.2, 0.25) is 0 Å². The van der Waals surface area contributed by atoms with Crippen LogP contribution in [-0.2, 0) is 9.53 Å². The van der Waals surface area contributed by atoms with Gasteiger partial charge in [-0.25, -0.2) is 0 Å². The van der Waals surface area contributed by atoms with E-state index in [-0.39, 0.29) is 11.8 Å². The third-order valence-electron chi connectivity index (χ3n) is 2.36. The highest BCUT2D eigenvalue weighted by Gasteiger charge is 2.32. The van der Waals surface area contributed by atoms with Crippen molar-refractivity contribution < 1.29 is 14.6 Å². The van der Waals surface area contributed by atoms with Crippen molar-refractivity contribution in [1.82, 2.24) is 0 Å². The Bertz CT molecular complexity index is 144. The summed E-state index contributed by atoms with van der Waals surface area (Å²) in [6, 6.07) is 0. The molecule has 0 heterocycles. The summed E-state index contributed by atoms with van der Waals surface area (Å²) in [5.74, 6) is -0.572. The third-order valence-corrected chi connectivity index (χ3v) is 2.36. The zero-order chi connectivity index (χ0) is 8.27. The molecule has 1 N–H and O–H groups in total. The number of methoxy groups -OCH3 is 1. The van der Waals surface area contributed by atoms with Crippen molar-refractivity contribution in [3.05, 3.63) is 0 Å². The van der Waals surface area contributed by atoms with E-state index in [1.54, 1.807) is 7.11 Å². The molecule has 0 aromatic heterocycles. The number of carboxylic acid groups (broad SMARTS) is 1. The number of hydrogen-bond donors (Lipinski definition) is 1. The van der Waals surface area contributed by atoms with Crippen molar-refractivity contribution in [3.63, 3.8) is 0 Å². The van der Waals surface area contributed by atoms with E-state index in [0.717, 1.165) is 19.3 Å². The van der Waals surface area contributed by atoms with E-state index in [2.05, 4.69) is 0 Å². The Morgan fingerprint density at radius 3 is 2.91 bits per heavy atom. The molecule has 3 nitrogen and oxygen atoms in total. The molecule has 0 spiro atoms. The van der Waals surface area contributed by atoms with E-state index in [1.807, 2.05) is 0 Å². The molecule has 3 heteroatoms. The van der Waals surface area contributed by atoms with Crippen LogP contribution in [-0.4, -0.2) is 24.8 Å². The smallest absolute Gasteiger partial charge is 0.306 e. The number of aliphatic carboxylic acids is 1. The van der Waals surface area contributed by atoms with Gasteiger partial charge in [-0.05, 0) is 18.8 Å². The van der Waals surface area contributed by atoms with E-state index in [4.69, 9.17) is 9.84 Å². The molecule has 0 aromatic rings. The maximum Gasteiger partial charge on any atom is 0.306 e. The molecule has 11 heavy (non-hydrogen) atoms. The minimum absolute atomic E-state index is 0.157. The van der Waals surface area contributed by atoms with Gasteiger partial charge in [0.05, 0.1) is 5.92 Å². The zero-order valence-corrected chi connectivity index (χ0v) is 6.75. The lowest BCUT2D eigenvalue weighted by molar-refractivity contribution is -0.143. The van der Waals surface area contributed by atoms with Gasteiger partial charge in [0.1, 0.15) is 0 Å². The van der Waals surface area contributed by atoms with Gasteiger partial charge in [0.15, 0.2) is 0 Å². The Hall–Kier alpha value is -0.570. The fourth-order valence-electron chi connectivity index (χ4n) is 1.78. The molecule has 2 atom stereocenters. The lowest BCUT2D eigenvalue weighted by Gasteiger charge is -2.13. The predicted octanol–water partition coefficient (Wildman–Crippen LogP) is 1.13. The predicted molar refractivity (Wildman–Crippen MR) is 40.3 cm³/mol. The maximum absolute atomic E-state index is 10.6. The summed E-state index contributed by atoms with van der Waals surface area (Å²) in [6.45, 7) is 0.594. The third kappa shape index (κ3) is 1.93. The fraction of sp³-hybridized carbons (Fsp3) is 0.875. The second kappa shape index (κ2) is 3.72. The average Bonchev–Trinajstić information content (AvgIpc) is 2.36. The molecule has 0 bridgehead atoms. The number of carbonyl (C=O) groups is 1. The van der Waals surface area contributed by atoms with E-state index >= 15 is 0 Å². The van der Waals surface area contributed by atoms with E-state index in [1.165, 1.54) is 0 Å². The van der Waals surface area contributed by atoms with Crippen molar-refractivity contribution >= 4 is 5.97 Å². The molecule has 1 fully saturated rings. The average molecular weight is 158 g/mol. The Labute approximate surface area is 66.4 Å². The summed E-state index contributed by atoms with van der Waals surface area (Å²) in [7, 11) is 1.62. The van der Waals surface area contributed by atoms with Gasteiger partial charge in [0.2, 0.25) is 0 Å². The van der Waals surface area contributed by atoms with Gasteiger partial charge in [-0.2, -0.15) is 0 Å². The molecule has 1 aliphatic rings. The summed E-state index contributed by atoms with van der Waals surface area (Å²) < 4.78 is 4.94. The quantitative estimate of drug-likeness (QED) is 0.669. The van der Waals surface area contributed by atoms with E-state index < -0.39 is 5.97 Å². The molecule has 1 saturated carbocycles. The first-order chi connectivity index (χ1) is 5.25. The Morgan fingerprint density at radius 1 is 1.64 bits per heavy atom. The Kier molecular flexibility index (Phi) is 2.88. The summed E-state index contributed by atoms with van der Waals surface area (Å²) in [6.07, 6.45) is 2.86. The fourth-order valence-corrected chi connectivity index (χ4v) is 1.78. The number of rotatable bonds is 3. The SMILES string of the molecule is COC[C@H]1CCC[C@H]1C(=O)O. The second-order valence-electron chi connectivity index (χ2n) is 3.09. The van der Waals surface area contributed by atoms with Crippen molar-refractivity contribution in [1.29, 1.82) is 0 Å². The lowest BCUT2D eigenvalue weighted by atomic mass is 9.97. The minimum atomic E-state index is -0.662. The Balaban J connectivity index is 2.44. The van der Waals surface area contributed by atoms with Crippen LogP contribution in [0.5, 0.6) is 0 Å². The van der Waals surface area contributed by atoms with Gasteiger partial charge in [0.25, 0.3) is 0 Å². The summed E-state index contributed by atoms with van der Waals surface area (Å²) in [5, 5.41) is 8.75. The first-order valence-electron chi connectivity index (χ1n) is 3.97. The first kappa shape index (κ1) is 8.53. The van der Waals surface area contributed by atoms with Gasteiger partial charge < -0.3 is 9.84 Å². The molecule has 0 aromatic carbocycles. The normalized spacial score (nSPS) is 30.6. The first-order valence-corrected chi connectivity index (χ1v) is 3.97. The van der Waals surface area contributed by atoms with Crippen LogP contribution in [0.25, 0.3) is 0 Å². The molecule has 0 amide bonds. The highest BCUT2D eigenvalue weighted by molar-refractivity contribution is 5.70. The number of hydrogen-bond acceptors (Lipinski definition) is 2. The van der Waals surface area contributed by atoms with Crippen molar-refractivity contribution in [2.45, 2.75) is 19.3 Å². The highest BCUT2D eigenvalue weighted by atomic mass is 16.5. The van der Waals surface area contributed by atoms with E-state index in [0.29, 0.717) is 6.61 Å². The molecule has 0 radical (unpaired) electrons. The molecule has 0 unspecified atom stereocenters. The largest absolute Gasteiger partial charge is 0.481 e. The second-order valence-corrected chi connectivity index (χ2v) is 3.09. The Morgan fingerprint density at radius 2 is 2.36 bits per heavy atom. The van der Waals surface area contributed by atoms with Crippen molar-refractivity contribution in [3.8, 4) is 0 Å². The molecule has 1 rings (SSSR count). The van der Waals surface area contributed by atoms with Crippen LogP contribution in [0.3, 0.4) is 0 Å². The van der Waals surface area contributed by atoms with Crippen LogP contribution >= 0.6 is 0 Å². The van der Waals surface area contributed by atoms with Gasteiger partial charge in [-0.15, -0.1) is 0 Å². The zero-order valence-electron chi connectivity index (χ0n) is 6.75. The summed E-state index contributed by atoms with van der Waals surface area (Å²) >= 11 is 0. The standard InChI is InChI=1S/C8H14O3/c1-11-5-6-3-2-4-7(6)8(9)10/h6-7H,2-5H2,1H3,(H,9,10)/t6-,7-/m1/s1. The molecular weight excluding hydrogens is 144 g/mol. The number of carboxylic acids is 1. The monoisotopic (exact) mass is 158 g/mol. The van der Waals surface area contributed by atoms with Crippen LogP contribution in [0.15, 0.2) is 0 Å². The van der Waals surface area contributed by atoms with Gasteiger partial charge in [-0.1, -0.05) is 6.42 Å². The van der Waals surface area contributed by atoms with E-state index in [9.17, 15) is 4.79 Å². The topological polar surface area (TPSA) is 46.5 Å². The highest BCUT2D eigenvalue weighted by Crippen LogP contribution is 2.31. The van der Waals surface area contributed by atoms with Crippen LogP contribution < -0.4 is 0 Å². The van der Waals surface area contributed by atoms with Gasteiger partial charge >= 0.3 is 5.97 Å². The van der Waals surface area contributed by atoms with Crippen LogP contribution in [0.4, 0.5) is 0 Å². The van der Waals surface area contributed by atoms with Crippen LogP contribution in [0.1, 0.15) is 19.3 Å². The molecule has 64 valence electrons. The van der Waals surface area contributed by atoms with Crippen molar-refractivity contribution in [2.75, 3.05) is 13.7 Å². The number of ether oxygens (including phenoxy) is 1. The molecule has 0 aliphatic heterocycles. The van der Waals surface area contributed by atoms with Gasteiger partial charge in [-0.3, -0.25) is 4.79 Å². The van der Waals surface area contributed by atoms with Crippen molar-refractivity contribution in [2.24, 2.45) is 11.8 Å². The van der Waals surface area contributed by atoms with Gasteiger partial charge in [0, 0.05) is 13.7 Å². The summed E-state index contributed by atoms with van der Waals surface area (Å²) in [5.41, 5.74) is 0. The maximum atomic E-state index is 10.6. The molecular formula is C8H14O3. The van der Waals surface area contributed by atoms with Crippen LogP contribution in [0, 0.1) is 11.8 Å². The molecule has 0 saturated heterocycles. The molecule has 1 aliphatic carbocycles. The summed E-state index contributed by atoms with van der Waals surface area (Å²) in [4.78, 5) is 10.6. The lowest BCUT2D eigenvalue weighted by Crippen LogP contribution is -2.21.